The van der Waals surface area contributed by atoms with Crippen molar-refractivity contribution in [1.29, 1.82) is 0 Å². The minimum atomic E-state index is -0.143. The first-order valence-electron chi connectivity index (χ1n) is 12.6. The second-order valence-corrected chi connectivity index (χ2v) is 8.32. The van der Waals surface area contributed by atoms with E-state index in [1.807, 2.05) is 50.4 Å². The van der Waals surface area contributed by atoms with Crippen LogP contribution in [0.25, 0.3) is 11.1 Å². The van der Waals surface area contributed by atoms with Crippen LogP contribution in [0.15, 0.2) is 48.8 Å². The molecule has 0 atom stereocenters. The van der Waals surface area contributed by atoms with Crippen molar-refractivity contribution in [1.82, 2.24) is 4.98 Å². The predicted molar refractivity (Wildman–Crippen MR) is 139 cm³/mol. The van der Waals surface area contributed by atoms with Crippen LogP contribution in [0.4, 0.5) is 0 Å². The summed E-state index contributed by atoms with van der Waals surface area (Å²) in [6.45, 7) is 10.5. The van der Waals surface area contributed by atoms with Crippen LogP contribution in [0.1, 0.15) is 69.3 Å². The number of benzene rings is 2. The normalized spacial score (nSPS) is 10.7. The SMILES string of the molecule is CCCOc1ccc(OCCC)c(C(=O)c2c[nH]cc2-c2cc(OCCC)ccc2OCCC)c1. The van der Waals surface area contributed by atoms with Gasteiger partial charge in [-0.15, -0.1) is 0 Å². The van der Waals surface area contributed by atoms with Gasteiger partial charge in [0.1, 0.15) is 23.0 Å². The topological polar surface area (TPSA) is 69.8 Å². The standard InChI is InChI=1S/C29H37NO5/c1-5-13-32-21-9-11-27(34-15-7-3)23(17-21)25-19-30-20-26(25)29(31)24-18-22(33-14-6-2)10-12-28(24)35-16-8-4/h9-12,17-20,30H,5-8,13-16H2,1-4H3. The number of carbonyl (C=O) groups excluding carboxylic acids is 1. The minimum absolute atomic E-state index is 0.143. The zero-order chi connectivity index (χ0) is 25.0. The first kappa shape index (κ1) is 26.2. The Labute approximate surface area is 208 Å². The Bertz CT molecular complexity index is 1090. The van der Waals surface area contributed by atoms with Crippen molar-refractivity contribution < 1.29 is 23.7 Å². The van der Waals surface area contributed by atoms with E-state index in [1.54, 1.807) is 12.3 Å². The summed E-state index contributed by atoms with van der Waals surface area (Å²) >= 11 is 0. The molecule has 0 aliphatic rings. The number of ether oxygens (including phenoxy) is 4. The van der Waals surface area contributed by atoms with Crippen LogP contribution in [0.5, 0.6) is 23.0 Å². The Morgan fingerprint density at radius 3 is 1.80 bits per heavy atom. The average molecular weight is 480 g/mol. The molecule has 0 spiro atoms. The van der Waals surface area contributed by atoms with E-state index >= 15 is 0 Å². The number of nitrogens with one attached hydrogen (secondary N) is 1. The number of ketones is 1. The molecule has 3 aromatic rings. The minimum Gasteiger partial charge on any atom is -0.494 e. The molecule has 1 heterocycles. The van der Waals surface area contributed by atoms with Crippen molar-refractivity contribution in [3.05, 3.63) is 59.9 Å². The zero-order valence-corrected chi connectivity index (χ0v) is 21.3. The summed E-state index contributed by atoms with van der Waals surface area (Å²) in [6.07, 6.45) is 7.08. The number of aromatic nitrogens is 1. The van der Waals surface area contributed by atoms with Gasteiger partial charge in [-0.3, -0.25) is 4.79 Å². The van der Waals surface area contributed by atoms with Gasteiger partial charge in [0, 0.05) is 29.1 Å². The highest BCUT2D eigenvalue weighted by Crippen LogP contribution is 2.38. The number of hydrogen-bond donors (Lipinski definition) is 1. The third kappa shape index (κ3) is 6.81. The Morgan fingerprint density at radius 1 is 0.629 bits per heavy atom. The van der Waals surface area contributed by atoms with Gasteiger partial charge in [-0.25, -0.2) is 0 Å². The van der Waals surface area contributed by atoms with Crippen LogP contribution < -0.4 is 18.9 Å². The van der Waals surface area contributed by atoms with Gasteiger partial charge in [-0.1, -0.05) is 27.7 Å². The molecule has 0 fully saturated rings. The summed E-state index contributed by atoms with van der Waals surface area (Å²) in [5.41, 5.74) is 2.57. The summed E-state index contributed by atoms with van der Waals surface area (Å²) in [5.74, 6) is 2.52. The van der Waals surface area contributed by atoms with Crippen LogP contribution in [0.2, 0.25) is 0 Å². The lowest BCUT2D eigenvalue weighted by Gasteiger charge is -2.15. The third-order valence-electron chi connectivity index (χ3n) is 5.30. The van der Waals surface area contributed by atoms with Gasteiger partial charge in [0.05, 0.1) is 32.0 Å². The molecule has 3 rings (SSSR count). The van der Waals surface area contributed by atoms with Crippen molar-refractivity contribution in [3.63, 3.8) is 0 Å². The molecule has 0 saturated heterocycles. The number of hydrogen-bond acceptors (Lipinski definition) is 5. The highest BCUT2D eigenvalue weighted by molar-refractivity contribution is 6.14. The van der Waals surface area contributed by atoms with Gasteiger partial charge in [0.2, 0.25) is 0 Å². The Balaban J connectivity index is 2.04. The zero-order valence-electron chi connectivity index (χ0n) is 21.3. The fourth-order valence-electron chi connectivity index (χ4n) is 3.62. The van der Waals surface area contributed by atoms with Gasteiger partial charge < -0.3 is 23.9 Å². The molecular formula is C29H37NO5. The van der Waals surface area contributed by atoms with Crippen LogP contribution in [-0.2, 0) is 0 Å². The second-order valence-electron chi connectivity index (χ2n) is 8.32. The fraction of sp³-hybridized carbons (Fsp3) is 0.414. The van der Waals surface area contributed by atoms with E-state index in [2.05, 4.69) is 18.8 Å². The molecule has 35 heavy (non-hydrogen) atoms. The van der Waals surface area contributed by atoms with Crippen LogP contribution in [0.3, 0.4) is 0 Å². The van der Waals surface area contributed by atoms with Crippen LogP contribution in [0, 0.1) is 0 Å². The molecule has 1 N–H and O–H groups in total. The Hall–Kier alpha value is -3.41. The lowest BCUT2D eigenvalue weighted by atomic mass is 9.96. The number of carbonyl (C=O) groups is 1. The molecule has 0 saturated carbocycles. The highest BCUT2D eigenvalue weighted by Gasteiger charge is 2.23. The monoisotopic (exact) mass is 479 g/mol. The summed E-state index contributed by atoms with van der Waals surface area (Å²) < 4.78 is 23.6. The second kappa shape index (κ2) is 13.5. The summed E-state index contributed by atoms with van der Waals surface area (Å²) in [4.78, 5) is 17.0. The van der Waals surface area contributed by atoms with E-state index in [0.717, 1.165) is 42.6 Å². The maximum atomic E-state index is 13.9. The van der Waals surface area contributed by atoms with Gasteiger partial charge in [-0.2, -0.15) is 0 Å². The molecule has 0 radical (unpaired) electrons. The summed E-state index contributed by atoms with van der Waals surface area (Å²) in [5, 5.41) is 0. The molecule has 2 aromatic carbocycles. The lowest BCUT2D eigenvalue weighted by molar-refractivity contribution is 0.103. The van der Waals surface area contributed by atoms with Gasteiger partial charge in [-0.05, 0) is 62.1 Å². The van der Waals surface area contributed by atoms with Crippen molar-refractivity contribution in [3.8, 4) is 34.1 Å². The van der Waals surface area contributed by atoms with E-state index in [4.69, 9.17) is 18.9 Å². The maximum Gasteiger partial charge on any atom is 0.199 e. The lowest BCUT2D eigenvalue weighted by Crippen LogP contribution is -2.08. The quantitative estimate of drug-likeness (QED) is 0.236. The first-order chi connectivity index (χ1) is 17.1. The highest BCUT2D eigenvalue weighted by atomic mass is 16.5. The molecule has 1 aromatic heterocycles. The Morgan fingerprint density at radius 2 is 1.17 bits per heavy atom. The van der Waals surface area contributed by atoms with Crippen LogP contribution >= 0.6 is 0 Å². The molecule has 6 nitrogen and oxygen atoms in total. The number of aromatic amines is 1. The van der Waals surface area contributed by atoms with Crippen molar-refractivity contribution in [2.24, 2.45) is 0 Å². The smallest absolute Gasteiger partial charge is 0.199 e. The molecular weight excluding hydrogens is 442 g/mol. The van der Waals surface area contributed by atoms with Crippen LogP contribution in [-0.4, -0.2) is 37.2 Å². The van der Waals surface area contributed by atoms with E-state index in [9.17, 15) is 4.79 Å². The third-order valence-corrected chi connectivity index (χ3v) is 5.30. The number of rotatable bonds is 15. The predicted octanol–water partition coefficient (Wildman–Crippen LogP) is 7.07. The molecule has 0 unspecified atom stereocenters. The van der Waals surface area contributed by atoms with Gasteiger partial charge in [0.25, 0.3) is 0 Å². The van der Waals surface area contributed by atoms with E-state index in [-0.39, 0.29) is 5.78 Å². The molecule has 6 heteroatoms. The number of H-pyrrole nitrogens is 1. The molecule has 0 aliphatic carbocycles. The van der Waals surface area contributed by atoms with Crippen molar-refractivity contribution in [2.75, 3.05) is 26.4 Å². The van der Waals surface area contributed by atoms with Gasteiger partial charge >= 0.3 is 0 Å². The molecule has 0 bridgehead atoms. The summed E-state index contributed by atoms with van der Waals surface area (Å²) in [7, 11) is 0. The molecule has 188 valence electrons. The largest absolute Gasteiger partial charge is 0.494 e. The first-order valence-corrected chi connectivity index (χ1v) is 12.6. The van der Waals surface area contributed by atoms with Crippen molar-refractivity contribution in [2.45, 2.75) is 53.4 Å². The fourth-order valence-corrected chi connectivity index (χ4v) is 3.62. The average Bonchev–Trinajstić information content (AvgIpc) is 3.38. The molecule has 0 aliphatic heterocycles. The van der Waals surface area contributed by atoms with E-state index < -0.39 is 0 Å². The summed E-state index contributed by atoms with van der Waals surface area (Å²) in [6, 6.07) is 11.2. The van der Waals surface area contributed by atoms with Crippen molar-refractivity contribution >= 4 is 5.78 Å². The van der Waals surface area contributed by atoms with E-state index in [0.29, 0.717) is 54.8 Å². The maximum absolute atomic E-state index is 13.9. The molecule has 0 amide bonds. The van der Waals surface area contributed by atoms with E-state index in [1.165, 1.54) is 0 Å². The van der Waals surface area contributed by atoms with Gasteiger partial charge in [0.15, 0.2) is 5.78 Å². The Kier molecular flexibility index (Phi) is 10.1.